The molecule has 0 spiro atoms. The van der Waals surface area contributed by atoms with Crippen LogP contribution in [0, 0.1) is 13.8 Å². The van der Waals surface area contributed by atoms with E-state index in [2.05, 4.69) is 56.1 Å². The van der Waals surface area contributed by atoms with E-state index in [-0.39, 0.29) is 4.90 Å². The lowest BCUT2D eigenvalue weighted by molar-refractivity contribution is 0.302. The molecule has 2 aliphatic rings. The molecule has 6 nitrogen and oxygen atoms in total. The summed E-state index contributed by atoms with van der Waals surface area (Å²) in [6.45, 7) is 3.76. The molecule has 7 aromatic rings. The summed E-state index contributed by atoms with van der Waals surface area (Å²) in [6, 6.07) is 40.7. The number of halogens is 2. The van der Waals surface area contributed by atoms with Crippen LogP contribution in [-0.4, -0.2) is 23.8 Å². The van der Waals surface area contributed by atoms with Gasteiger partial charge in [-0.1, -0.05) is 116 Å². The van der Waals surface area contributed by atoms with Crippen LogP contribution < -0.4 is 5.06 Å². The Morgan fingerprint density at radius 1 is 0.736 bits per heavy atom. The fourth-order valence-corrected chi connectivity index (χ4v) is 10.3. The van der Waals surface area contributed by atoms with Crippen molar-refractivity contribution in [3.8, 4) is 0 Å². The van der Waals surface area contributed by atoms with Gasteiger partial charge in [-0.25, -0.2) is 17.5 Å². The van der Waals surface area contributed by atoms with Crippen molar-refractivity contribution >= 4 is 98.0 Å². The molecule has 0 aliphatic carbocycles. The molecule has 0 saturated heterocycles. The molecule has 1 aromatic heterocycles. The highest BCUT2D eigenvalue weighted by Gasteiger charge is 2.37. The topological polar surface area (TPSA) is 74.9 Å². The van der Waals surface area contributed by atoms with E-state index in [1.807, 2.05) is 111 Å². The number of benzene rings is 6. The Hall–Kier alpha value is -5.06. The van der Waals surface area contributed by atoms with Crippen molar-refractivity contribution < 1.29 is 13.6 Å². The quantitative estimate of drug-likeness (QED) is 0.187. The van der Waals surface area contributed by atoms with Gasteiger partial charge in [0.2, 0.25) is 0 Å². The number of nitrogens with zero attached hydrogens (tertiary/aromatic N) is 3. The van der Waals surface area contributed by atoms with Crippen molar-refractivity contribution in [2.75, 3.05) is 5.06 Å². The summed E-state index contributed by atoms with van der Waals surface area (Å²) in [4.78, 5) is 5.07. The SMILES string of the molecule is Cc1ccc(S(=O)(=O)n2c(C)c(C3=C(Cc4ccccc4)/C(=C4/C=Nc5cccc(Br)c54)c4c(ccc5cc(Br)ccc45)N3O)c3ccccc32)cc1. The summed E-state index contributed by atoms with van der Waals surface area (Å²) in [5.74, 6) is 0. The lowest BCUT2D eigenvalue weighted by Gasteiger charge is -2.35. The molecule has 9 rings (SSSR count). The van der Waals surface area contributed by atoms with Crippen LogP contribution in [-0.2, 0) is 16.4 Å². The Bertz CT molecular complexity index is 2870. The Morgan fingerprint density at radius 3 is 2.28 bits per heavy atom. The van der Waals surface area contributed by atoms with Crippen LogP contribution in [0.15, 0.2) is 152 Å². The van der Waals surface area contributed by atoms with Crippen LogP contribution >= 0.6 is 31.9 Å². The normalized spacial score (nSPS) is 15.5. The lowest BCUT2D eigenvalue weighted by Crippen LogP contribution is -2.26. The molecule has 0 bridgehead atoms. The second-order valence-electron chi connectivity index (χ2n) is 13.4. The van der Waals surface area contributed by atoms with Crippen molar-refractivity contribution in [3.05, 3.63) is 175 Å². The van der Waals surface area contributed by atoms with Gasteiger partial charge in [-0.05, 0) is 89.9 Å². The number of anilines is 1. The van der Waals surface area contributed by atoms with Crippen molar-refractivity contribution in [2.45, 2.75) is 25.2 Å². The van der Waals surface area contributed by atoms with Gasteiger partial charge in [0.25, 0.3) is 10.0 Å². The fourth-order valence-electron chi connectivity index (χ4n) is 7.81. The zero-order valence-corrected chi connectivity index (χ0v) is 32.7. The minimum Gasteiger partial charge on any atom is -0.283 e. The van der Waals surface area contributed by atoms with Gasteiger partial charge in [0.15, 0.2) is 0 Å². The maximum atomic E-state index is 14.6. The number of para-hydroxylation sites is 1. The van der Waals surface area contributed by atoms with Gasteiger partial charge in [-0.2, -0.15) is 0 Å². The van der Waals surface area contributed by atoms with Gasteiger partial charge in [0, 0.05) is 54.9 Å². The number of aliphatic imine (C=N–C) groups is 1. The largest absolute Gasteiger partial charge is 0.283 e. The maximum Gasteiger partial charge on any atom is 0.268 e. The highest BCUT2D eigenvalue weighted by molar-refractivity contribution is 9.10. The van der Waals surface area contributed by atoms with Gasteiger partial charge in [-0.15, -0.1) is 0 Å². The average molecular weight is 842 g/mol. The number of hydrogen-bond acceptors (Lipinski definition) is 5. The highest BCUT2D eigenvalue weighted by atomic mass is 79.9. The van der Waals surface area contributed by atoms with E-state index in [0.717, 1.165) is 64.4 Å². The van der Waals surface area contributed by atoms with Gasteiger partial charge < -0.3 is 0 Å². The first-order valence-corrected chi connectivity index (χ1v) is 20.1. The number of hydroxylamine groups is 1. The number of allylic oxidation sites excluding steroid dienone is 3. The molecule has 53 heavy (non-hydrogen) atoms. The summed E-state index contributed by atoms with van der Waals surface area (Å²) >= 11 is 7.50. The second-order valence-corrected chi connectivity index (χ2v) is 16.9. The standard InChI is InChI=1S/C44H31Br2N3O3S/c1-26-15-19-31(20-16-26)53(51,52)49-27(2)40(33-11-6-7-14-38(33)49)44-34(23-28-9-4-3-5-10-28)41(35-25-47-37-13-8-12-36(46)42(35)37)43-32-21-18-30(45)24-29(32)17-22-39(43)48(44)50/h3-22,24-25,50H,23H2,1-2H3/b41-35+. The van der Waals surface area contributed by atoms with Crippen molar-refractivity contribution in [1.82, 2.24) is 3.97 Å². The summed E-state index contributed by atoms with van der Waals surface area (Å²) < 4.78 is 32.4. The molecular weight excluding hydrogens is 810 g/mol. The fraction of sp³-hybridized carbons (Fsp3) is 0.0682. The third-order valence-corrected chi connectivity index (χ3v) is 13.2. The third kappa shape index (κ3) is 5.36. The lowest BCUT2D eigenvalue weighted by atomic mass is 9.79. The van der Waals surface area contributed by atoms with Crippen LogP contribution in [0.3, 0.4) is 0 Å². The molecule has 0 amide bonds. The molecular formula is C44H31Br2N3O3S. The Balaban J connectivity index is 1.45. The Morgan fingerprint density at radius 2 is 1.49 bits per heavy atom. The minimum atomic E-state index is -4.04. The van der Waals surface area contributed by atoms with E-state index in [4.69, 9.17) is 4.99 Å². The predicted molar refractivity (Wildman–Crippen MR) is 223 cm³/mol. The maximum absolute atomic E-state index is 14.6. The van der Waals surface area contributed by atoms with Crippen LogP contribution in [0.5, 0.6) is 0 Å². The first-order valence-electron chi connectivity index (χ1n) is 17.1. The number of rotatable bonds is 5. The van der Waals surface area contributed by atoms with Gasteiger partial charge >= 0.3 is 0 Å². The number of hydrogen-bond donors (Lipinski definition) is 1. The molecule has 0 fully saturated rings. The third-order valence-electron chi connectivity index (χ3n) is 10.2. The van der Waals surface area contributed by atoms with E-state index in [0.29, 0.717) is 40.0 Å². The zero-order valence-electron chi connectivity index (χ0n) is 28.7. The van der Waals surface area contributed by atoms with Gasteiger partial charge in [0.05, 0.1) is 27.5 Å². The van der Waals surface area contributed by atoms with E-state index >= 15 is 0 Å². The van der Waals surface area contributed by atoms with E-state index in [1.54, 1.807) is 12.1 Å². The van der Waals surface area contributed by atoms with Crippen LogP contribution in [0.4, 0.5) is 11.4 Å². The number of aromatic nitrogens is 1. The molecule has 260 valence electrons. The number of aryl methyl sites for hydroxylation is 1. The summed E-state index contributed by atoms with van der Waals surface area (Å²) in [6.07, 6.45) is 2.36. The molecule has 2 aliphatic heterocycles. The average Bonchev–Trinajstić information content (AvgIpc) is 3.72. The second kappa shape index (κ2) is 12.8. The van der Waals surface area contributed by atoms with Crippen LogP contribution in [0.1, 0.15) is 33.5 Å². The smallest absolute Gasteiger partial charge is 0.268 e. The highest BCUT2D eigenvalue weighted by Crippen LogP contribution is 2.54. The van der Waals surface area contributed by atoms with E-state index < -0.39 is 10.0 Å². The Kier molecular flexibility index (Phi) is 8.16. The first kappa shape index (κ1) is 33.8. The molecule has 9 heteroatoms. The summed E-state index contributed by atoms with van der Waals surface area (Å²) in [5.41, 5.74) is 10.1. The molecule has 0 radical (unpaired) electrons. The van der Waals surface area contributed by atoms with Crippen molar-refractivity contribution in [3.63, 3.8) is 0 Å². The summed E-state index contributed by atoms with van der Waals surface area (Å²) in [5, 5.41) is 16.7. The van der Waals surface area contributed by atoms with Crippen LogP contribution in [0.25, 0.3) is 38.5 Å². The summed E-state index contributed by atoms with van der Waals surface area (Å²) in [7, 11) is -4.04. The van der Waals surface area contributed by atoms with E-state index in [9.17, 15) is 13.6 Å². The molecule has 0 saturated carbocycles. The molecule has 0 atom stereocenters. The molecule has 3 heterocycles. The molecule has 1 N–H and O–H groups in total. The van der Waals surface area contributed by atoms with Crippen molar-refractivity contribution in [2.24, 2.45) is 4.99 Å². The Labute approximate surface area is 324 Å². The van der Waals surface area contributed by atoms with Crippen molar-refractivity contribution in [1.29, 1.82) is 0 Å². The first-order chi connectivity index (χ1) is 25.6. The molecule has 6 aromatic carbocycles. The van der Waals surface area contributed by atoms with Gasteiger partial charge in [0.1, 0.15) is 0 Å². The predicted octanol–water partition coefficient (Wildman–Crippen LogP) is 11.7. The zero-order chi connectivity index (χ0) is 36.6. The monoisotopic (exact) mass is 839 g/mol. The number of fused-ring (bicyclic) bond motifs is 5. The van der Waals surface area contributed by atoms with E-state index in [1.165, 1.54) is 9.04 Å². The van der Waals surface area contributed by atoms with Gasteiger partial charge in [-0.3, -0.25) is 10.2 Å². The minimum absolute atomic E-state index is 0.191. The molecule has 0 unspecified atom stereocenters. The van der Waals surface area contributed by atoms with Crippen LogP contribution in [0.2, 0.25) is 0 Å².